The number of esters is 1. The first-order chi connectivity index (χ1) is 12.2. The molecule has 7 heteroatoms. The van der Waals surface area contributed by atoms with E-state index in [9.17, 15) is 9.59 Å². The van der Waals surface area contributed by atoms with Crippen molar-refractivity contribution in [2.45, 2.75) is 78.0 Å². The monoisotopic (exact) mass is 368 g/mol. The lowest BCUT2D eigenvalue weighted by atomic mass is 9.94. The summed E-state index contributed by atoms with van der Waals surface area (Å²) >= 11 is 0. The normalized spacial score (nSPS) is 25.1. The molecule has 0 radical (unpaired) electrons. The molecule has 1 aliphatic carbocycles. The third-order valence-corrected chi connectivity index (χ3v) is 5.04. The Morgan fingerprint density at radius 3 is 2.50 bits per heavy atom. The van der Waals surface area contributed by atoms with Crippen LogP contribution in [0.15, 0.2) is 11.3 Å². The van der Waals surface area contributed by atoms with E-state index in [1.54, 1.807) is 0 Å². The highest BCUT2D eigenvalue weighted by Crippen LogP contribution is 2.40. The van der Waals surface area contributed by atoms with Crippen molar-refractivity contribution in [2.24, 2.45) is 11.8 Å². The fourth-order valence-electron chi connectivity index (χ4n) is 3.62. The lowest BCUT2D eigenvalue weighted by Crippen LogP contribution is -2.39. The molecule has 2 N–H and O–H groups in total. The van der Waals surface area contributed by atoms with Crippen LogP contribution in [0.3, 0.4) is 0 Å². The van der Waals surface area contributed by atoms with Crippen LogP contribution in [0.25, 0.3) is 0 Å². The summed E-state index contributed by atoms with van der Waals surface area (Å²) in [4.78, 5) is 30.1. The number of hydroxylamine groups is 1. The first-order valence-electron chi connectivity index (χ1n) is 9.42. The topological polar surface area (TPSA) is 85.9 Å². The number of hydrogen-bond donors (Lipinski definition) is 2. The molecule has 0 aromatic heterocycles. The maximum Gasteiger partial charge on any atom is 0.408 e. The number of allylic oxidation sites excluding steroid dienone is 1. The fourth-order valence-corrected chi connectivity index (χ4v) is 3.62. The van der Waals surface area contributed by atoms with Crippen LogP contribution >= 0.6 is 0 Å². The van der Waals surface area contributed by atoms with Gasteiger partial charge in [0.1, 0.15) is 11.7 Å². The van der Waals surface area contributed by atoms with Crippen LogP contribution in [0.4, 0.5) is 4.79 Å². The zero-order chi connectivity index (χ0) is 19.5. The minimum absolute atomic E-state index is 0.307. The lowest BCUT2D eigenvalue weighted by molar-refractivity contribution is -0.150. The quantitative estimate of drug-likeness (QED) is 0.701. The van der Waals surface area contributed by atoms with Crippen molar-refractivity contribution in [3.63, 3.8) is 0 Å². The molecule has 3 atom stereocenters. The highest BCUT2D eigenvalue weighted by molar-refractivity contribution is 5.76. The predicted molar refractivity (Wildman–Crippen MR) is 97.0 cm³/mol. The predicted octanol–water partition coefficient (Wildman–Crippen LogP) is 3.06. The summed E-state index contributed by atoms with van der Waals surface area (Å²) in [6, 6.07) is -0.307. The van der Waals surface area contributed by atoms with E-state index in [4.69, 9.17) is 14.3 Å². The number of carbonyl (C=O) groups excluding carboxylic acids is 2. The third kappa shape index (κ3) is 4.69. The van der Waals surface area contributed by atoms with E-state index in [1.807, 2.05) is 20.8 Å². The average Bonchev–Trinajstić information content (AvgIpc) is 3.11. The largest absolute Gasteiger partial charge is 0.469 e. The van der Waals surface area contributed by atoms with Crippen molar-refractivity contribution in [1.29, 1.82) is 0 Å². The smallest absolute Gasteiger partial charge is 0.408 e. The third-order valence-electron chi connectivity index (χ3n) is 5.04. The average molecular weight is 368 g/mol. The summed E-state index contributed by atoms with van der Waals surface area (Å²) in [5.41, 5.74) is 4.33. The number of methoxy groups -OCH3 is 1. The number of hydrogen-bond acceptors (Lipinski definition) is 6. The van der Waals surface area contributed by atoms with Gasteiger partial charge in [0, 0.05) is 11.3 Å². The van der Waals surface area contributed by atoms with Crippen molar-refractivity contribution in [1.82, 2.24) is 10.8 Å². The molecule has 0 saturated heterocycles. The summed E-state index contributed by atoms with van der Waals surface area (Å²) in [6.07, 6.45) is 2.49. The van der Waals surface area contributed by atoms with Crippen LogP contribution < -0.4 is 10.8 Å². The standard InChI is InChI=1S/C19H32N2O5/c1-7-11(8-2)9-14-15-13(20-18(23)25-19(3,4)5)10-12(17(22)24-6)16(15)26-21-14/h11-13,16,21H,7-10H2,1-6H3,(H,20,23). The van der Waals surface area contributed by atoms with Gasteiger partial charge < -0.3 is 14.8 Å². The molecule has 1 fully saturated rings. The summed E-state index contributed by atoms with van der Waals surface area (Å²) in [5.74, 6) is -0.250. The summed E-state index contributed by atoms with van der Waals surface area (Å²) in [6.45, 7) is 9.78. The van der Waals surface area contributed by atoms with Gasteiger partial charge in [-0.05, 0) is 39.5 Å². The Balaban J connectivity index is 2.23. The zero-order valence-corrected chi connectivity index (χ0v) is 16.7. The maximum absolute atomic E-state index is 12.3. The lowest BCUT2D eigenvalue weighted by Gasteiger charge is -2.23. The Kier molecular flexibility index (Phi) is 6.55. The van der Waals surface area contributed by atoms with Crippen molar-refractivity contribution in [3.05, 3.63) is 11.3 Å². The van der Waals surface area contributed by atoms with Crippen LogP contribution in [-0.4, -0.2) is 36.9 Å². The van der Waals surface area contributed by atoms with Gasteiger partial charge in [0.25, 0.3) is 0 Å². The Morgan fingerprint density at radius 2 is 1.96 bits per heavy atom. The highest BCUT2D eigenvalue weighted by Gasteiger charge is 2.49. The Hall–Kier alpha value is -1.76. The van der Waals surface area contributed by atoms with E-state index in [2.05, 4.69) is 24.6 Å². The van der Waals surface area contributed by atoms with Gasteiger partial charge in [0.2, 0.25) is 0 Å². The number of ether oxygens (including phenoxy) is 2. The van der Waals surface area contributed by atoms with Crippen LogP contribution in [-0.2, 0) is 19.1 Å². The Bertz CT molecular complexity index is 563. The minimum atomic E-state index is -0.582. The molecule has 148 valence electrons. The number of fused-ring (bicyclic) bond motifs is 1. The van der Waals surface area contributed by atoms with Gasteiger partial charge in [0.15, 0.2) is 0 Å². The van der Waals surface area contributed by atoms with Gasteiger partial charge in [-0.1, -0.05) is 26.7 Å². The number of rotatable bonds is 6. The zero-order valence-electron chi connectivity index (χ0n) is 16.7. The van der Waals surface area contributed by atoms with Crippen molar-refractivity contribution in [3.8, 4) is 0 Å². The first kappa shape index (κ1) is 20.6. The molecule has 2 rings (SSSR count). The Labute approximate surface area is 155 Å². The molecule has 0 bridgehead atoms. The highest BCUT2D eigenvalue weighted by atomic mass is 16.7. The number of nitrogens with one attached hydrogen (secondary N) is 2. The molecule has 0 aromatic carbocycles. The molecule has 0 aromatic rings. The molecule has 1 saturated carbocycles. The van der Waals surface area contributed by atoms with E-state index in [-0.39, 0.29) is 12.0 Å². The Morgan fingerprint density at radius 1 is 1.31 bits per heavy atom. The molecular formula is C19H32N2O5. The minimum Gasteiger partial charge on any atom is -0.469 e. The molecule has 3 unspecified atom stereocenters. The first-order valence-corrected chi connectivity index (χ1v) is 9.42. The molecule has 7 nitrogen and oxygen atoms in total. The molecule has 0 spiro atoms. The number of alkyl carbamates (subject to hydrolysis) is 1. The van der Waals surface area contributed by atoms with Crippen LogP contribution in [0.1, 0.15) is 60.3 Å². The maximum atomic E-state index is 12.3. The summed E-state index contributed by atoms with van der Waals surface area (Å²) in [5, 5.41) is 2.91. The van der Waals surface area contributed by atoms with Gasteiger partial charge in [-0.25, -0.2) is 4.79 Å². The number of amides is 1. The van der Waals surface area contributed by atoms with E-state index in [0.29, 0.717) is 12.3 Å². The number of carbonyl (C=O) groups is 2. The molecule has 1 amide bonds. The van der Waals surface area contributed by atoms with Crippen molar-refractivity contribution in [2.75, 3.05) is 7.11 Å². The van der Waals surface area contributed by atoms with E-state index >= 15 is 0 Å². The summed E-state index contributed by atoms with van der Waals surface area (Å²) < 4.78 is 10.3. The molecule has 1 aliphatic heterocycles. The van der Waals surface area contributed by atoms with E-state index < -0.39 is 23.7 Å². The van der Waals surface area contributed by atoms with Crippen LogP contribution in [0, 0.1) is 11.8 Å². The molecular weight excluding hydrogens is 336 g/mol. The van der Waals surface area contributed by atoms with Gasteiger partial charge >= 0.3 is 12.1 Å². The van der Waals surface area contributed by atoms with Gasteiger partial charge in [0.05, 0.1) is 19.1 Å². The van der Waals surface area contributed by atoms with Crippen LogP contribution in [0.2, 0.25) is 0 Å². The van der Waals surface area contributed by atoms with Gasteiger partial charge in [-0.3, -0.25) is 15.1 Å². The van der Waals surface area contributed by atoms with Crippen molar-refractivity contribution < 1.29 is 23.9 Å². The van der Waals surface area contributed by atoms with E-state index in [0.717, 1.165) is 30.5 Å². The second kappa shape index (κ2) is 8.29. The fraction of sp³-hybridized carbons (Fsp3) is 0.789. The van der Waals surface area contributed by atoms with Gasteiger partial charge in [-0.2, -0.15) is 0 Å². The molecule has 1 heterocycles. The summed E-state index contributed by atoms with van der Waals surface area (Å²) in [7, 11) is 1.37. The molecule has 26 heavy (non-hydrogen) atoms. The van der Waals surface area contributed by atoms with Gasteiger partial charge in [-0.15, -0.1) is 0 Å². The van der Waals surface area contributed by atoms with E-state index in [1.165, 1.54) is 7.11 Å². The van der Waals surface area contributed by atoms with Crippen LogP contribution in [0.5, 0.6) is 0 Å². The molecule has 2 aliphatic rings. The second-order valence-electron chi connectivity index (χ2n) is 8.03. The van der Waals surface area contributed by atoms with Crippen molar-refractivity contribution >= 4 is 12.1 Å². The second-order valence-corrected chi connectivity index (χ2v) is 8.03. The SMILES string of the molecule is CCC(CC)CC1=C2C(NC(=O)OC(C)(C)C)CC(C(=O)OC)C2ON1.